The van der Waals surface area contributed by atoms with Crippen LogP contribution >= 0.6 is 0 Å². The van der Waals surface area contributed by atoms with E-state index >= 15 is 0 Å². The zero-order chi connectivity index (χ0) is 32.5. The third-order valence-corrected chi connectivity index (χ3v) is 7.52. The monoisotopic (exact) mass is 616 g/mol. The maximum Gasteiger partial charge on any atom is 0.569 e. The van der Waals surface area contributed by atoms with Crippen molar-refractivity contribution in [2.24, 2.45) is 0 Å². The van der Waals surface area contributed by atoms with Crippen LogP contribution in [0.1, 0.15) is 23.6 Å². The molecule has 5 aromatic rings. The van der Waals surface area contributed by atoms with Crippen molar-refractivity contribution in [3.05, 3.63) is 151 Å². The number of hydrogen-bond donors (Lipinski definition) is 3. The summed E-state index contributed by atoms with van der Waals surface area (Å²) in [6, 6.07) is 21.6. The molecule has 0 aliphatic carbocycles. The van der Waals surface area contributed by atoms with Gasteiger partial charge in [0.15, 0.2) is 37.9 Å². The molecule has 5 rings (SSSR count). The van der Waals surface area contributed by atoms with Gasteiger partial charge in [0, 0.05) is 35.4 Å². The van der Waals surface area contributed by atoms with Crippen LogP contribution in [0.3, 0.4) is 0 Å². The summed E-state index contributed by atoms with van der Waals surface area (Å²) in [7, 11) is -0.776. The highest BCUT2D eigenvalue weighted by Gasteiger charge is 2.14. The van der Waals surface area contributed by atoms with Crippen molar-refractivity contribution in [2.75, 3.05) is 6.61 Å². The summed E-state index contributed by atoms with van der Waals surface area (Å²) in [5, 5.41) is 28.2. The molecule has 11 heteroatoms. The summed E-state index contributed by atoms with van der Waals surface area (Å²) < 4.78 is 19.3. The van der Waals surface area contributed by atoms with Crippen molar-refractivity contribution >= 4 is 20.3 Å². The topological polar surface area (TPSA) is 95.7 Å². The Labute approximate surface area is 270 Å². The SMILES string of the molecule is C=C(C)C(=C)OCCn1cc[n+](Cc2cc(C[n+]3ccc(-c4cc[n+](Cc5cccc(B(O)O)c5)cc4)cc3)cc(O[B]O)c2)c1. The molecular formula is C35H38B2N4O5+3. The van der Waals surface area contributed by atoms with Gasteiger partial charge in [0.25, 0.3) is 0 Å². The van der Waals surface area contributed by atoms with E-state index in [1.807, 2.05) is 74.7 Å². The number of aromatic nitrogens is 4. The number of nitrogens with zero attached hydrogens (tertiary/aromatic N) is 4. The van der Waals surface area contributed by atoms with Crippen molar-refractivity contribution in [2.45, 2.75) is 33.1 Å². The van der Waals surface area contributed by atoms with Gasteiger partial charge in [-0.1, -0.05) is 37.4 Å². The minimum absolute atomic E-state index is 0.479. The van der Waals surface area contributed by atoms with Gasteiger partial charge in [-0.3, -0.25) is 0 Å². The predicted octanol–water partition coefficient (Wildman–Crippen LogP) is 1.85. The maximum absolute atomic E-state index is 9.45. The zero-order valence-corrected chi connectivity index (χ0v) is 25.9. The van der Waals surface area contributed by atoms with E-state index in [1.165, 1.54) is 0 Å². The molecule has 0 atom stereocenters. The Bertz CT molecular complexity index is 1790. The van der Waals surface area contributed by atoms with Gasteiger partial charge in [-0.2, -0.15) is 0 Å². The van der Waals surface area contributed by atoms with E-state index in [1.54, 1.807) is 12.1 Å². The minimum Gasteiger partial charge on any atom is -0.537 e. The molecule has 3 heterocycles. The van der Waals surface area contributed by atoms with Crippen LogP contribution in [0, 0.1) is 0 Å². The van der Waals surface area contributed by atoms with Gasteiger partial charge in [-0.15, -0.1) is 0 Å². The standard InChI is InChI=1S/C35H38B2N4O5/c1-27(2)28(3)45-18-17-40-15-16-41(26-40)25-31-19-30(21-35(22-31)46-36-42)24-39-13-9-33(10-14-39)32-7-11-38(12-8-32)23-29-5-4-6-34(20-29)37(43)44/h4-16,19-22,26,42-44H,1,3,17-18,23-25H2,2H3/q+3. The molecule has 46 heavy (non-hydrogen) atoms. The molecule has 3 aromatic heterocycles. The molecule has 0 aliphatic heterocycles. The van der Waals surface area contributed by atoms with Crippen LogP contribution in [0.5, 0.6) is 5.75 Å². The van der Waals surface area contributed by atoms with E-state index in [2.05, 4.69) is 61.8 Å². The third-order valence-electron chi connectivity index (χ3n) is 7.52. The fourth-order valence-electron chi connectivity index (χ4n) is 5.10. The molecule has 0 amide bonds. The average Bonchev–Trinajstić information content (AvgIpc) is 3.48. The number of allylic oxidation sites excluding steroid dienone is 1. The van der Waals surface area contributed by atoms with Crippen molar-refractivity contribution in [1.82, 2.24) is 4.57 Å². The summed E-state index contributed by atoms with van der Waals surface area (Å²) in [6.07, 6.45) is 14.2. The summed E-state index contributed by atoms with van der Waals surface area (Å²) in [4.78, 5) is 0. The van der Waals surface area contributed by atoms with E-state index in [4.69, 9.17) is 9.39 Å². The Hall–Kier alpha value is -4.96. The highest BCUT2D eigenvalue weighted by atomic mass is 16.5. The first-order chi connectivity index (χ1) is 22.2. The lowest BCUT2D eigenvalue weighted by molar-refractivity contribution is -0.689. The van der Waals surface area contributed by atoms with Gasteiger partial charge in [0.2, 0.25) is 6.33 Å². The lowest BCUT2D eigenvalue weighted by atomic mass is 9.79. The van der Waals surface area contributed by atoms with E-state index in [-0.39, 0.29) is 0 Å². The lowest BCUT2D eigenvalue weighted by Crippen LogP contribution is -2.35. The smallest absolute Gasteiger partial charge is 0.537 e. The average molecular weight is 616 g/mol. The van der Waals surface area contributed by atoms with Gasteiger partial charge in [-0.25, -0.2) is 18.3 Å². The quantitative estimate of drug-likeness (QED) is 0.0723. The molecule has 1 radical (unpaired) electrons. The fraction of sp³-hybridized carbons (Fsp3) is 0.171. The Kier molecular flexibility index (Phi) is 10.8. The first-order valence-electron chi connectivity index (χ1n) is 15.0. The number of ether oxygens (including phenoxy) is 1. The molecule has 0 aliphatic rings. The minimum atomic E-state index is -1.48. The highest BCUT2D eigenvalue weighted by molar-refractivity contribution is 6.58. The van der Waals surface area contributed by atoms with Crippen molar-refractivity contribution in [1.29, 1.82) is 0 Å². The number of hydrogen-bond acceptors (Lipinski definition) is 5. The van der Waals surface area contributed by atoms with Crippen LogP contribution in [0.4, 0.5) is 0 Å². The second-order valence-corrected chi connectivity index (χ2v) is 11.2. The van der Waals surface area contributed by atoms with E-state index in [0.29, 0.717) is 57.4 Å². The van der Waals surface area contributed by atoms with Crippen molar-refractivity contribution < 1.29 is 38.2 Å². The molecule has 0 bridgehead atoms. The maximum atomic E-state index is 9.45. The van der Waals surface area contributed by atoms with Crippen molar-refractivity contribution in [3.8, 4) is 16.9 Å². The predicted molar refractivity (Wildman–Crippen MR) is 175 cm³/mol. The van der Waals surface area contributed by atoms with E-state index in [0.717, 1.165) is 33.4 Å². The molecule has 3 N–H and O–H groups in total. The van der Waals surface area contributed by atoms with E-state index in [9.17, 15) is 15.1 Å². The summed E-state index contributed by atoms with van der Waals surface area (Å²) >= 11 is 0. The molecule has 9 nitrogen and oxygen atoms in total. The summed E-state index contributed by atoms with van der Waals surface area (Å²) in [5.41, 5.74) is 6.55. The molecular weight excluding hydrogens is 578 g/mol. The normalized spacial score (nSPS) is 10.8. The molecule has 231 valence electrons. The van der Waals surface area contributed by atoms with Gasteiger partial charge >= 0.3 is 14.8 Å². The van der Waals surface area contributed by atoms with Crippen LogP contribution < -0.4 is 23.8 Å². The Morgan fingerprint density at radius 2 is 1.41 bits per heavy atom. The van der Waals surface area contributed by atoms with E-state index < -0.39 is 7.12 Å². The number of pyridine rings is 2. The third kappa shape index (κ3) is 9.04. The lowest BCUT2D eigenvalue weighted by Gasteiger charge is -2.08. The zero-order valence-electron chi connectivity index (χ0n) is 25.9. The Balaban J connectivity index is 1.22. The van der Waals surface area contributed by atoms with Gasteiger partial charge in [0.05, 0.1) is 0 Å². The number of rotatable bonds is 15. The van der Waals surface area contributed by atoms with Crippen molar-refractivity contribution in [3.63, 3.8) is 0 Å². The van der Waals surface area contributed by atoms with Gasteiger partial charge in [-0.05, 0) is 52.8 Å². The molecule has 0 saturated carbocycles. The van der Waals surface area contributed by atoms with Crippen LogP contribution in [-0.4, -0.2) is 41.0 Å². The van der Waals surface area contributed by atoms with Gasteiger partial charge < -0.3 is 24.5 Å². The summed E-state index contributed by atoms with van der Waals surface area (Å²) in [5.74, 6) is 1.17. The fourth-order valence-corrected chi connectivity index (χ4v) is 5.10. The van der Waals surface area contributed by atoms with Crippen LogP contribution in [0.2, 0.25) is 0 Å². The number of imidazole rings is 1. The first-order valence-corrected chi connectivity index (χ1v) is 15.0. The second kappa shape index (κ2) is 15.4. The van der Waals surface area contributed by atoms with Gasteiger partial charge in [0.1, 0.15) is 43.6 Å². The highest BCUT2D eigenvalue weighted by Crippen LogP contribution is 2.19. The van der Waals surface area contributed by atoms with Crippen LogP contribution in [-0.2, 0) is 30.9 Å². The Morgan fingerprint density at radius 3 is 2.00 bits per heavy atom. The Morgan fingerprint density at radius 1 is 0.804 bits per heavy atom. The molecule has 2 aromatic carbocycles. The first kappa shape index (κ1) is 32.4. The summed E-state index contributed by atoms with van der Waals surface area (Å²) in [6.45, 7) is 12.7. The van der Waals surface area contributed by atoms with Crippen LogP contribution in [0.15, 0.2) is 135 Å². The number of benzene rings is 2. The largest absolute Gasteiger partial charge is 0.569 e. The molecule has 0 unspecified atom stereocenters. The molecule has 0 saturated heterocycles. The molecule has 0 spiro atoms. The second-order valence-electron chi connectivity index (χ2n) is 11.2. The van der Waals surface area contributed by atoms with Crippen LogP contribution in [0.25, 0.3) is 11.1 Å². The molecule has 0 fully saturated rings.